The number of aromatic nitrogens is 3. The number of amides is 2. The minimum atomic E-state index is -0.744. The zero-order chi connectivity index (χ0) is 21.7. The standard InChI is InChI=1S/C24H27N5O2/c25-23(31)24(15-20-9-4-5-10-21(20)19-7-2-1-3-8-19)12-14-28(16-24)22(30)11-6-13-29-18-26-17-27-29/h1-5,7-10,17-18H,6,11-16H2,(H2,25,31). The normalized spacial score (nSPS) is 18.3. The van der Waals surface area contributed by atoms with Crippen LogP contribution in [-0.4, -0.2) is 44.6 Å². The summed E-state index contributed by atoms with van der Waals surface area (Å²) < 4.78 is 1.71. The van der Waals surface area contributed by atoms with Crippen LogP contribution >= 0.6 is 0 Å². The molecule has 7 heteroatoms. The Labute approximate surface area is 181 Å². The quantitative estimate of drug-likeness (QED) is 0.610. The van der Waals surface area contributed by atoms with Gasteiger partial charge in [-0.15, -0.1) is 0 Å². The van der Waals surface area contributed by atoms with Gasteiger partial charge >= 0.3 is 0 Å². The van der Waals surface area contributed by atoms with Gasteiger partial charge in [-0.2, -0.15) is 5.10 Å². The van der Waals surface area contributed by atoms with Crippen molar-refractivity contribution in [2.45, 2.75) is 32.2 Å². The third-order valence-corrected chi connectivity index (χ3v) is 6.10. The Kier molecular flexibility index (Phi) is 6.11. The minimum absolute atomic E-state index is 0.0552. The zero-order valence-electron chi connectivity index (χ0n) is 17.5. The molecule has 160 valence electrons. The first kappa shape index (κ1) is 20.8. The maximum atomic E-state index is 12.8. The Morgan fingerprint density at radius 1 is 1.06 bits per heavy atom. The molecule has 0 bridgehead atoms. The molecule has 1 saturated heterocycles. The van der Waals surface area contributed by atoms with E-state index in [9.17, 15) is 9.59 Å². The fourth-order valence-corrected chi connectivity index (χ4v) is 4.35. The van der Waals surface area contributed by atoms with Crippen LogP contribution in [0.5, 0.6) is 0 Å². The topological polar surface area (TPSA) is 94.1 Å². The lowest BCUT2D eigenvalue weighted by Gasteiger charge is -2.27. The molecule has 0 aliphatic carbocycles. The molecule has 7 nitrogen and oxygen atoms in total. The average Bonchev–Trinajstić information content (AvgIpc) is 3.46. The Bertz CT molecular complexity index is 1040. The van der Waals surface area contributed by atoms with Crippen LogP contribution in [0.25, 0.3) is 11.1 Å². The maximum absolute atomic E-state index is 12.8. The van der Waals surface area contributed by atoms with E-state index in [4.69, 9.17) is 5.73 Å². The van der Waals surface area contributed by atoms with Gasteiger partial charge in [-0.05, 0) is 36.0 Å². The van der Waals surface area contributed by atoms with Crippen molar-refractivity contribution in [2.75, 3.05) is 13.1 Å². The number of rotatable bonds is 8. The second kappa shape index (κ2) is 9.12. The van der Waals surface area contributed by atoms with Crippen LogP contribution in [0, 0.1) is 5.41 Å². The molecule has 1 aliphatic heterocycles. The molecule has 1 fully saturated rings. The number of carbonyl (C=O) groups excluding carboxylic acids is 2. The molecule has 1 unspecified atom stereocenters. The molecular formula is C24H27N5O2. The molecule has 0 saturated carbocycles. The van der Waals surface area contributed by atoms with Crippen molar-refractivity contribution < 1.29 is 9.59 Å². The monoisotopic (exact) mass is 417 g/mol. The Morgan fingerprint density at radius 3 is 2.58 bits per heavy atom. The van der Waals surface area contributed by atoms with Gasteiger partial charge in [-0.25, -0.2) is 4.98 Å². The highest BCUT2D eigenvalue weighted by Gasteiger charge is 2.44. The van der Waals surface area contributed by atoms with Crippen LogP contribution in [-0.2, 0) is 22.6 Å². The lowest BCUT2D eigenvalue weighted by Crippen LogP contribution is -2.42. The number of aryl methyl sites for hydroxylation is 1. The molecule has 0 spiro atoms. The number of primary amides is 1. The highest BCUT2D eigenvalue weighted by molar-refractivity contribution is 5.85. The van der Waals surface area contributed by atoms with Crippen LogP contribution in [0.15, 0.2) is 67.3 Å². The molecule has 31 heavy (non-hydrogen) atoms. The molecule has 1 aromatic heterocycles. The second-order valence-corrected chi connectivity index (χ2v) is 8.17. The van der Waals surface area contributed by atoms with E-state index in [-0.39, 0.29) is 11.8 Å². The van der Waals surface area contributed by atoms with Crippen LogP contribution in [0.2, 0.25) is 0 Å². The number of hydrogen-bond acceptors (Lipinski definition) is 4. The van der Waals surface area contributed by atoms with Crippen molar-refractivity contribution in [2.24, 2.45) is 11.1 Å². The number of hydrogen-bond donors (Lipinski definition) is 1. The molecule has 2 heterocycles. The van der Waals surface area contributed by atoms with Crippen LogP contribution < -0.4 is 5.73 Å². The molecule has 3 aromatic rings. The number of nitrogens with two attached hydrogens (primary N) is 1. The largest absolute Gasteiger partial charge is 0.369 e. The first-order valence-corrected chi connectivity index (χ1v) is 10.6. The summed E-state index contributed by atoms with van der Waals surface area (Å²) >= 11 is 0. The number of likely N-dealkylation sites (tertiary alicyclic amines) is 1. The van der Waals surface area contributed by atoms with Gasteiger partial charge in [0.1, 0.15) is 12.7 Å². The first-order valence-electron chi connectivity index (χ1n) is 10.6. The lowest BCUT2D eigenvalue weighted by molar-refractivity contribution is -0.132. The van der Waals surface area contributed by atoms with E-state index < -0.39 is 5.41 Å². The minimum Gasteiger partial charge on any atom is -0.369 e. The number of carbonyl (C=O) groups is 2. The highest BCUT2D eigenvalue weighted by atomic mass is 16.2. The molecule has 1 atom stereocenters. The summed E-state index contributed by atoms with van der Waals surface area (Å²) in [4.78, 5) is 31.0. The Morgan fingerprint density at radius 2 is 1.84 bits per heavy atom. The van der Waals surface area contributed by atoms with Gasteiger partial charge in [0, 0.05) is 26.1 Å². The van der Waals surface area contributed by atoms with Crippen molar-refractivity contribution >= 4 is 11.8 Å². The van der Waals surface area contributed by atoms with Gasteiger partial charge in [-0.1, -0.05) is 54.6 Å². The van der Waals surface area contributed by atoms with E-state index in [1.807, 2.05) is 30.3 Å². The van der Waals surface area contributed by atoms with Crippen molar-refractivity contribution in [3.63, 3.8) is 0 Å². The second-order valence-electron chi connectivity index (χ2n) is 8.17. The van der Waals surface area contributed by atoms with E-state index >= 15 is 0 Å². The van der Waals surface area contributed by atoms with Gasteiger partial charge in [0.25, 0.3) is 0 Å². The van der Waals surface area contributed by atoms with E-state index in [1.54, 1.807) is 15.9 Å². The zero-order valence-corrected chi connectivity index (χ0v) is 17.5. The fraction of sp³-hybridized carbons (Fsp3) is 0.333. The molecule has 2 amide bonds. The molecule has 4 rings (SSSR count). The van der Waals surface area contributed by atoms with E-state index in [0.29, 0.717) is 45.3 Å². The predicted molar refractivity (Wildman–Crippen MR) is 118 cm³/mol. The summed E-state index contributed by atoms with van der Waals surface area (Å²) in [5.74, 6) is -0.284. The first-order chi connectivity index (χ1) is 15.1. The Hall–Kier alpha value is -3.48. The van der Waals surface area contributed by atoms with Crippen LogP contribution in [0.4, 0.5) is 0 Å². The summed E-state index contributed by atoms with van der Waals surface area (Å²) in [5.41, 5.74) is 8.44. The molecular weight excluding hydrogens is 390 g/mol. The van der Waals surface area contributed by atoms with Crippen molar-refractivity contribution in [3.05, 3.63) is 72.8 Å². The van der Waals surface area contributed by atoms with Crippen LogP contribution in [0.1, 0.15) is 24.8 Å². The Balaban J connectivity index is 1.46. The summed E-state index contributed by atoms with van der Waals surface area (Å²) in [5, 5.41) is 4.06. The molecule has 2 aromatic carbocycles. The van der Waals surface area contributed by atoms with E-state index in [2.05, 4.69) is 34.3 Å². The molecule has 2 N–H and O–H groups in total. The summed E-state index contributed by atoms with van der Waals surface area (Å²) in [6, 6.07) is 18.2. The fourth-order valence-electron chi connectivity index (χ4n) is 4.35. The third kappa shape index (κ3) is 4.66. The molecule has 0 radical (unpaired) electrons. The number of benzene rings is 2. The summed E-state index contributed by atoms with van der Waals surface area (Å²) in [6.45, 7) is 1.57. The van der Waals surface area contributed by atoms with Crippen molar-refractivity contribution in [3.8, 4) is 11.1 Å². The smallest absolute Gasteiger partial charge is 0.225 e. The van der Waals surface area contributed by atoms with Crippen molar-refractivity contribution in [1.29, 1.82) is 0 Å². The SMILES string of the molecule is NC(=O)C1(Cc2ccccc2-c2ccccc2)CCN(C(=O)CCCn2cncn2)C1. The van der Waals surface area contributed by atoms with E-state index in [1.165, 1.54) is 6.33 Å². The van der Waals surface area contributed by atoms with Gasteiger partial charge < -0.3 is 10.6 Å². The molecule has 1 aliphatic rings. The predicted octanol–water partition coefficient (Wildman–Crippen LogP) is 2.67. The maximum Gasteiger partial charge on any atom is 0.225 e. The van der Waals surface area contributed by atoms with Gasteiger partial charge in [-0.3, -0.25) is 14.3 Å². The number of nitrogens with zero attached hydrogens (tertiary/aromatic N) is 4. The van der Waals surface area contributed by atoms with Gasteiger partial charge in [0.2, 0.25) is 11.8 Å². The van der Waals surface area contributed by atoms with Crippen LogP contribution in [0.3, 0.4) is 0 Å². The average molecular weight is 418 g/mol. The van der Waals surface area contributed by atoms with E-state index in [0.717, 1.165) is 16.7 Å². The summed E-state index contributed by atoms with van der Waals surface area (Å²) in [7, 11) is 0. The van der Waals surface area contributed by atoms with Gasteiger partial charge in [0.05, 0.1) is 5.41 Å². The highest BCUT2D eigenvalue weighted by Crippen LogP contribution is 2.37. The third-order valence-electron chi connectivity index (χ3n) is 6.10. The summed E-state index contributed by atoms with van der Waals surface area (Å²) in [6.07, 6.45) is 5.32. The lowest BCUT2D eigenvalue weighted by atomic mass is 9.78. The van der Waals surface area contributed by atoms with Crippen molar-refractivity contribution in [1.82, 2.24) is 19.7 Å². The van der Waals surface area contributed by atoms with Gasteiger partial charge in [0.15, 0.2) is 0 Å².